The number of nitrogens with zero attached hydrogens (tertiary/aromatic N) is 2. The number of amides is 1. The van der Waals surface area contributed by atoms with Crippen LogP contribution in [0.25, 0.3) is 0 Å². The fourth-order valence-corrected chi connectivity index (χ4v) is 6.79. The van der Waals surface area contributed by atoms with Gasteiger partial charge in [-0.05, 0) is 65.5 Å². The van der Waals surface area contributed by atoms with Crippen molar-refractivity contribution in [3.8, 4) is 0 Å². The topological polar surface area (TPSA) is 76.1 Å². The number of ether oxygens (including phenoxy) is 2. The summed E-state index contributed by atoms with van der Waals surface area (Å²) in [5, 5.41) is 0. The summed E-state index contributed by atoms with van der Waals surface area (Å²) in [4.78, 5) is 42.1. The number of carbonyl (C=O) groups is 3. The van der Waals surface area contributed by atoms with E-state index in [1.54, 1.807) is 11.8 Å². The molecule has 0 saturated heterocycles. The van der Waals surface area contributed by atoms with Gasteiger partial charge in [-0.2, -0.15) is 11.8 Å². The third kappa shape index (κ3) is 32.0. The normalized spacial score (nSPS) is 11.4. The van der Waals surface area contributed by atoms with Crippen molar-refractivity contribution in [2.24, 2.45) is 0 Å². The maximum absolute atomic E-state index is 13.1. The molecule has 0 fully saturated rings. The van der Waals surface area contributed by atoms with Gasteiger partial charge in [0.15, 0.2) is 0 Å². The molecule has 0 aliphatic carbocycles. The van der Waals surface area contributed by atoms with Gasteiger partial charge < -0.3 is 19.3 Å². The average molecular weight is 699 g/mol. The van der Waals surface area contributed by atoms with Gasteiger partial charge in [0.1, 0.15) is 6.10 Å². The van der Waals surface area contributed by atoms with Gasteiger partial charge in [0.25, 0.3) is 0 Å². The molecule has 0 heterocycles. The Hall–Kier alpha value is -1.28. The lowest BCUT2D eigenvalue weighted by atomic mass is 10.0. The summed E-state index contributed by atoms with van der Waals surface area (Å²) in [5.74, 6) is 1.28. The summed E-state index contributed by atoms with van der Waals surface area (Å²) < 4.78 is 11.4. The van der Waals surface area contributed by atoms with E-state index in [1.165, 1.54) is 83.5 Å². The summed E-state index contributed by atoms with van der Waals surface area (Å²) in [6.07, 6.45) is 26.7. The van der Waals surface area contributed by atoms with Crippen LogP contribution in [0.2, 0.25) is 0 Å². The summed E-state index contributed by atoms with van der Waals surface area (Å²) in [5.41, 5.74) is 0. The SMILES string of the molecule is CCCCCCCCCCCOC(=O)CCCN(CCCCCC(=O)OC(CCCCCC)CCCCCC)C(=O)CSCCN(C)C. The second-order valence-corrected chi connectivity index (χ2v) is 15.1. The molecule has 0 atom stereocenters. The Balaban J connectivity index is 4.49. The van der Waals surface area contributed by atoms with Crippen molar-refractivity contribution in [1.82, 2.24) is 9.80 Å². The van der Waals surface area contributed by atoms with Crippen molar-refractivity contribution in [2.45, 2.75) is 187 Å². The number of hydrogen-bond donors (Lipinski definition) is 0. The third-order valence-electron chi connectivity index (χ3n) is 8.95. The Labute approximate surface area is 301 Å². The molecule has 0 aromatic carbocycles. The van der Waals surface area contributed by atoms with E-state index in [0.29, 0.717) is 44.7 Å². The Bertz CT molecular complexity index is 739. The first-order valence-electron chi connectivity index (χ1n) is 20.2. The molecule has 0 N–H and O–H groups in total. The van der Waals surface area contributed by atoms with Gasteiger partial charge in [-0.3, -0.25) is 14.4 Å². The zero-order chi connectivity index (χ0) is 35.5. The van der Waals surface area contributed by atoms with Gasteiger partial charge >= 0.3 is 11.9 Å². The predicted octanol–water partition coefficient (Wildman–Crippen LogP) is 10.4. The molecule has 0 aromatic heterocycles. The van der Waals surface area contributed by atoms with E-state index in [2.05, 4.69) is 25.7 Å². The van der Waals surface area contributed by atoms with Gasteiger partial charge in [-0.1, -0.05) is 117 Å². The number of thioether (sulfide) groups is 1. The van der Waals surface area contributed by atoms with Crippen LogP contribution in [0.4, 0.5) is 0 Å². The largest absolute Gasteiger partial charge is 0.466 e. The minimum Gasteiger partial charge on any atom is -0.466 e. The zero-order valence-electron chi connectivity index (χ0n) is 32.3. The monoisotopic (exact) mass is 699 g/mol. The van der Waals surface area contributed by atoms with E-state index in [-0.39, 0.29) is 23.9 Å². The van der Waals surface area contributed by atoms with Gasteiger partial charge in [0.2, 0.25) is 5.91 Å². The second-order valence-electron chi connectivity index (χ2n) is 14.0. The highest BCUT2D eigenvalue weighted by atomic mass is 32.2. The highest BCUT2D eigenvalue weighted by molar-refractivity contribution is 7.99. The quantitative estimate of drug-likeness (QED) is 0.0476. The van der Waals surface area contributed by atoms with E-state index < -0.39 is 0 Å². The van der Waals surface area contributed by atoms with Gasteiger partial charge in [-0.15, -0.1) is 0 Å². The summed E-state index contributed by atoms with van der Waals surface area (Å²) in [6, 6.07) is 0. The van der Waals surface area contributed by atoms with E-state index >= 15 is 0 Å². The first kappa shape index (κ1) is 46.7. The number of hydrogen-bond acceptors (Lipinski definition) is 7. The number of esters is 2. The van der Waals surface area contributed by atoms with Crippen molar-refractivity contribution in [3.63, 3.8) is 0 Å². The van der Waals surface area contributed by atoms with Crippen LogP contribution in [0.1, 0.15) is 181 Å². The van der Waals surface area contributed by atoms with Gasteiger partial charge in [0.05, 0.1) is 12.4 Å². The molecular formula is C40H78N2O5S. The molecule has 0 aliphatic rings. The number of unbranched alkanes of at least 4 members (excludes halogenated alkanes) is 16. The van der Waals surface area contributed by atoms with Crippen LogP contribution in [0.5, 0.6) is 0 Å². The molecule has 7 nitrogen and oxygen atoms in total. The van der Waals surface area contributed by atoms with Crippen LogP contribution < -0.4 is 0 Å². The Morgan fingerprint density at radius 1 is 0.562 bits per heavy atom. The fraction of sp³-hybridized carbons (Fsp3) is 0.925. The Kier molecular flexibility index (Phi) is 34.6. The maximum Gasteiger partial charge on any atom is 0.306 e. The summed E-state index contributed by atoms with van der Waals surface area (Å²) in [7, 11) is 4.08. The van der Waals surface area contributed by atoms with Crippen LogP contribution in [-0.2, 0) is 23.9 Å². The lowest BCUT2D eigenvalue weighted by Crippen LogP contribution is -2.35. The highest BCUT2D eigenvalue weighted by Crippen LogP contribution is 2.17. The molecule has 48 heavy (non-hydrogen) atoms. The molecule has 0 aromatic rings. The third-order valence-corrected chi connectivity index (χ3v) is 9.87. The minimum absolute atomic E-state index is 0.0566. The molecule has 0 radical (unpaired) electrons. The Morgan fingerprint density at radius 2 is 1.06 bits per heavy atom. The first-order chi connectivity index (χ1) is 23.3. The van der Waals surface area contributed by atoms with E-state index in [0.717, 1.165) is 70.1 Å². The molecule has 0 rings (SSSR count). The number of rotatable bonds is 36. The number of carbonyl (C=O) groups excluding carboxylic acids is 3. The molecule has 0 spiro atoms. The molecular weight excluding hydrogens is 621 g/mol. The smallest absolute Gasteiger partial charge is 0.306 e. The van der Waals surface area contributed by atoms with Crippen molar-refractivity contribution >= 4 is 29.6 Å². The zero-order valence-corrected chi connectivity index (χ0v) is 33.2. The first-order valence-corrected chi connectivity index (χ1v) is 21.3. The molecule has 0 bridgehead atoms. The van der Waals surface area contributed by atoms with Gasteiger partial charge in [0, 0.05) is 38.2 Å². The molecule has 8 heteroatoms. The summed E-state index contributed by atoms with van der Waals surface area (Å²) >= 11 is 1.67. The fourth-order valence-electron chi connectivity index (χ4n) is 5.80. The summed E-state index contributed by atoms with van der Waals surface area (Å²) in [6.45, 7) is 9.36. The lowest BCUT2D eigenvalue weighted by Gasteiger charge is -2.23. The molecule has 284 valence electrons. The van der Waals surface area contributed by atoms with Crippen molar-refractivity contribution in [1.29, 1.82) is 0 Å². The van der Waals surface area contributed by atoms with Crippen LogP contribution >= 0.6 is 11.8 Å². The molecule has 1 amide bonds. The minimum atomic E-state index is -0.158. The van der Waals surface area contributed by atoms with Crippen molar-refractivity contribution < 1.29 is 23.9 Å². The van der Waals surface area contributed by atoms with Crippen molar-refractivity contribution in [3.05, 3.63) is 0 Å². The Morgan fingerprint density at radius 3 is 1.65 bits per heavy atom. The van der Waals surface area contributed by atoms with E-state index in [9.17, 15) is 14.4 Å². The molecule has 0 aliphatic heterocycles. The van der Waals surface area contributed by atoms with Crippen LogP contribution in [0.3, 0.4) is 0 Å². The van der Waals surface area contributed by atoms with Crippen LogP contribution in [0, 0.1) is 0 Å². The van der Waals surface area contributed by atoms with E-state index in [1.807, 2.05) is 19.0 Å². The highest BCUT2D eigenvalue weighted by Gasteiger charge is 2.16. The second kappa shape index (κ2) is 35.5. The van der Waals surface area contributed by atoms with Crippen LogP contribution in [-0.4, -0.2) is 85.6 Å². The van der Waals surface area contributed by atoms with Crippen molar-refractivity contribution in [2.75, 3.05) is 51.8 Å². The molecule has 0 saturated carbocycles. The lowest BCUT2D eigenvalue weighted by molar-refractivity contribution is -0.150. The molecule has 0 unspecified atom stereocenters. The van der Waals surface area contributed by atoms with E-state index in [4.69, 9.17) is 9.47 Å². The van der Waals surface area contributed by atoms with Crippen LogP contribution in [0.15, 0.2) is 0 Å². The predicted molar refractivity (Wildman–Crippen MR) is 206 cm³/mol. The average Bonchev–Trinajstić information content (AvgIpc) is 3.06. The maximum atomic E-state index is 13.1. The van der Waals surface area contributed by atoms with Gasteiger partial charge in [-0.25, -0.2) is 0 Å². The standard InChI is InChI=1S/C40H78N2O5S/c1-6-9-12-15-16-17-18-19-25-34-46-39(44)30-26-32-42(38(43)36-48-35-33-41(4)5)31-24-20-23-29-40(45)47-37(27-21-13-10-7-2)28-22-14-11-8-3/h37H,6-36H2,1-5H3.